The fraction of sp³-hybridized carbons (Fsp3) is 0.778. The fourth-order valence-corrected chi connectivity index (χ4v) is 1.81. The van der Waals surface area contributed by atoms with Crippen LogP contribution in [0.4, 0.5) is 0 Å². The summed E-state index contributed by atoms with van der Waals surface area (Å²) in [7, 11) is 0. The molecule has 72 valence electrons. The van der Waals surface area contributed by atoms with Gasteiger partial charge in [-0.2, -0.15) is 5.10 Å². The van der Waals surface area contributed by atoms with Crippen molar-refractivity contribution in [1.29, 1.82) is 0 Å². The minimum absolute atomic E-state index is 0.693. The molecule has 4 nitrogen and oxygen atoms in total. The van der Waals surface area contributed by atoms with Crippen molar-refractivity contribution in [2.24, 2.45) is 0 Å². The zero-order valence-electron chi connectivity index (χ0n) is 8.01. The average Bonchev–Trinajstić information content (AvgIpc) is 2.71. The maximum atomic E-state index is 4.28. The lowest BCUT2D eigenvalue weighted by Crippen LogP contribution is -2.21. The van der Waals surface area contributed by atoms with Crippen LogP contribution < -0.4 is 5.32 Å². The van der Waals surface area contributed by atoms with Crippen LogP contribution >= 0.6 is 0 Å². The van der Waals surface area contributed by atoms with Crippen LogP contribution in [0.25, 0.3) is 0 Å². The van der Waals surface area contributed by atoms with E-state index >= 15 is 0 Å². The highest BCUT2D eigenvalue weighted by Crippen LogP contribution is 2.10. The van der Waals surface area contributed by atoms with E-state index in [1.54, 1.807) is 0 Å². The van der Waals surface area contributed by atoms with Gasteiger partial charge in [0.05, 0.1) is 0 Å². The highest BCUT2D eigenvalue weighted by Gasteiger charge is 2.14. The monoisotopic (exact) mass is 180 g/mol. The predicted octanol–water partition coefficient (Wildman–Crippen LogP) is 0.798. The van der Waals surface area contributed by atoms with E-state index < -0.39 is 0 Å². The molecule has 1 aliphatic heterocycles. The van der Waals surface area contributed by atoms with Gasteiger partial charge in [0.15, 0.2) is 5.82 Å². The number of nitrogens with zero attached hydrogens (tertiary/aromatic N) is 2. The van der Waals surface area contributed by atoms with Gasteiger partial charge in [0.25, 0.3) is 0 Å². The maximum Gasteiger partial charge on any atom is 0.150 e. The summed E-state index contributed by atoms with van der Waals surface area (Å²) in [6.07, 6.45) is 4.78. The van der Waals surface area contributed by atoms with Crippen molar-refractivity contribution in [2.45, 2.75) is 38.6 Å². The lowest BCUT2D eigenvalue weighted by atomic mass is 10.1. The third kappa shape index (κ3) is 2.28. The quantitative estimate of drug-likeness (QED) is 0.723. The van der Waals surface area contributed by atoms with Crippen LogP contribution in [0, 0.1) is 6.92 Å². The second-order valence-corrected chi connectivity index (χ2v) is 3.67. The molecule has 1 aliphatic rings. The van der Waals surface area contributed by atoms with Gasteiger partial charge in [0.2, 0.25) is 0 Å². The molecular formula is C9H16N4. The lowest BCUT2D eigenvalue weighted by molar-refractivity contribution is 0.551. The molecule has 2 N–H and O–H groups in total. The molecule has 1 aromatic heterocycles. The molecule has 4 heteroatoms. The summed E-state index contributed by atoms with van der Waals surface area (Å²) in [5, 5.41) is 10.4. The number of aromatic nitrogens is 3. The zero-order valence-corrected chi connectivity index (χ0v) is 8.01. The topological polar surface area (TPSA) is 53.6 Å². The number of aryl methyl sites for hydroxylation is 2. The van der Waals surface area contributed by atoms with E-state index in [0.29, 0.717) is 6.04 Å². The molecule has 0 aliphatic carbocycles. The molecule has 0 bridgehead atoms. The van der Waals surface area contributed by atoms with E-state index in [1.807, 2.05) is 6.92 Å². The van der Waals surface area contributed by atoms with Crippen molar-refractivity contribution < 1.29 is 0 Å². The molecule has 0 aromatic carbocycles. The normalized spacial score (nSPS) is 22.4. The Morgan fingerprint density at radius 2 is 2.46 bits per heavy atom. The van der Waals surface area contributed by atoms with E-state index in [0.717, 1.165) is 24.5 Å². The van der Waals surface area contributed by atoms with Gasteiger partial charge >= 0.3 is 0 Å². The van der Waals surface area contributed by atoms with Gasteiger partial charge in [-0.05, 0) is 32.7 Å². The minimum Gasteiger partial charge on any atom is -0.314 e. The molecule has 0 radical (unpaired) electrons. The Morgan fingerprint density at radius 1 is 1.54 bits per heavy atom. The molecule has 2 heterocycles. The van der Waals surface area contributed by atoms with Gasteiger partial charge in [-0.15, -0.1) is 0 Å². The van der Waals surface area contributed by atoms with Crippen molar-refractivity contribution in [1.82, 2.24) is 20.5 Å². The fourth-order valence-electron chi connectivity index (χ4n) is 1.81. The van der Waals surface area contributed by atoms with Gasteiger partial charge < -0.3 is 5.32 Å². The Labute approximate surface area is 78.1 Å². The number of aromatic amines is 1. The molecule has 0 amide bonds. The van der Waals surface area contributed by atoms with Crippen molar-refractivity contribution >= 4 is 0 Å². The Bertz CT molecular complexity index is 262. The van der Waals surface area contributed by atoms with E-state index in [4.69, 9.17) is 0 Å². The van der Waals surface area contributed by atoms with Crippen LogP contribution in [0.2, 0.25) is 0 Å². The van der Waals surface area contributed by atoms with Crippen molar-refractivity contribution in [3.05, 3.63) is 11.6 Å². The lowest BCUT2D eigenvalue weighted by Gasteiger charge is -2.06. The van der Waals surface area contributed by atoms with Crippen LogP contribution in [-0.2, 0) is 6.42 Å². The number of H-pyrrole nitrogens is 1. The third-order valence-electron chi connectivity index (χ3n) is 2.52. The predicted molar refractivity (Wildman–Crippen MR) is 50.5 cm³/mol. The molecule has 13 heavy (non-hydrogen) atoms. The molecule has 1 atom stereocenters. The highest BCUT2D eigenvalue weighted by atomic mass is 15.2. The molecule has 0 saturated carbocycles. The van der Waals surface area contributed by atoms with Crippen LogP contribution in [-0.4, -0.2) is 27.8 Å². The Hall–Kier alpha value is -0.900. The number of nitrogens with one attached hydrogen (secondary N) is 2. The Balaban J connectivity index is 1.78. The van der Waals surface area contributed by atoms with Gasteiger partial charge in [0.1, 0.15) is 5.82 Å². The molecule has 1 fully saturated rings. The van der Waals surface area contributed by atoms with Crippen LogP contribution in [0.15, 0.2) is 0 Å². The van der Waals surface area contributed by atoms with Crippen LogP contribution in [0.5, 0.6) is 0 Å². The van der Waals surface area contributed by atoms with E-state index in [9.17, 15) is 0 Å². The summed E-state index contributed by atoms with van der Waals surface area (Å²) < 4.78 is 0. The first-order chi connectivity index (χ1) is 6.34. The molecular weight excluding hydrogens is 164 g/mol. The molecule has 1 aromatic rings. The SMILES string of the molecule is Cc1nc(CCC2CCCN2)n[nH]1. The minimum atomic E-state index is 0.693. The number of hydrogen-bond acceptors (Lipinski definition) is 3. The van der Waals surface area contributed by atoms with Crippen molar-refractivity contribution in [3.8, 4) is 0 Å². The van der Waals surface area contributed by atoms with Gasteiger partial charge in [-0.25, -0.2) is 4.98 Å². The zero-order chi connectivity index (χ0) is 9.10. The average molecular weight is 180 g/mol. The van der Waals surface area contributed by atoms with Crippen molar-refractivity contribution in [3.63, 3.8) is 0 Å². The van der Waals surface area contributed by atoms with Crippen LogP contribution in [0.3, 0.4) is 0 Å². The number of rotatable bonds is 3. The molecule has 1 saturated heterocycles. The summed E-state index contributed by atoms with van der Waals surface area (Å²) >= 11 is 0. The first-order valence-electron chi connectivity index (χ1n) is 4.96. The maximum absolute atomic E-state index is 4.28. The van der Waals surface area contributed by atoms with Crippen LogP contribution in [0.1, 0.15) is 30.9 Å². The van der Waals surface area contributed by atoms with E-state index in [2.05, 4.69) is 20.5 Å². The Morgan fingerprint density at radius 3 is 3.08 bits per heavy atom. The smallest absolute Gasteiger partial charge is 0.150 e. The van der Waals surface area contributed by atoms with Gasteiger partial charge in [-0.3, -0.25) is 5.10 Å². The van der Waals surface area contributed by atoms with E-state index in [1.165, 1.54) is 19.4 Å². The summed E-state index contributed by atoms with van der Waals surface area (Å²) in [5.74, 6) is 1.86. The summed E-state index contributed by atoms with van der Waals surface area (Å²) in [5.41, 5.74) is 0. The summed E-state index contributed by atoms with van der Waals surface area (Å²) in [6.45, 7) is 3.11. The second kappa shape index (κ2) is 3.87. The molecule has 1 unspecified atom stereocenters. The number of hydrogen-bond donors (Lipinski definition) is 2. The second-order valence-electron chi connectivity index (χ2n) is 3.67. The van der Waals surface area contributed by atoms with Gasteiger partial charge in [-0.1, -0.05) is 0 Å². The molecule has 2 rings (SSSR count). The Kier molecular flexibility index (Phi) is 2.59. The standard InChI is InChI=1S/C9H16N4/c1-7-11-9(13-12-7)5-4-8-3-2-6-10-8/h8,10H,2-6H2,1H3,(H,11,12,13). The summed E-state index contributed by atoms with van der Waals surface area (Å²) in [4.78, 5) is 4.28. The summed E-state index contributed by atoms with van der Waals surface area (Å²) in [6, 6.07) is 0.693. The first-order valence-corrected chi connectivity index (χ1v) is 4.96. The highest BCUT2D eigenvalue weighted by molar-refractivity contribution is 4.89. The first kappa shape index (κ1) is 8.69. The third-order valence-corrected chi connectivity index (χ3v) is 2.52. The van der Waals surface area contributed by atoms with Crippen molar-refractivity contribution in [2.75, 3.05) is 6.54 Å². The van der Waals surface area contributed by atoms with E-state index in [-0.39, 0.29) is 0 Å². The van der Waals surface area contributed by atoms with Gasteiger partial charge in [0, 0.05) is 12.5 Å². The largest absolute Gasteiger partial charge is 0.314 e. The molecule has 0 spiro atoms.